The number of carbonyl (C=O) groups excluding carboxylic acids is 2. The molecule has 1 fully saturated rings. The first-order valence-corrected chi connectivity index (χ1v) is 8.82. The maximum atomic E-state index is 12.0. The Hall–Kier alpha value is -0.900. The molecule has 0 bridgehead atoms. The smallest absolute Gasteiger partial charge is 0.244 e. The number of amides is 2. The molecule has 0 N–H and O–H groups in total. The summed E-state index contributed by atoms with van der Waals surface area (Å²) in [4.78, 5) is 27.8. The summed E-state index contributed by atoms with van der Waals surface area (Å²) in [5.41, 5.74) is -0.726. The van der Waals surface area contributed by atoms with Crippen LogP contribution in [0, 0.1) is 11.3 Å². The van der Waals surface area contributed by atoms with Crippen molar-refractivity contribution in [3.8, 4) is 0 Å². The number of hydrogen-bond acceptors (Lipinski definition) is 3. The predicted molar refractivity (Wildman–Crippen MR) is 90.5 cm³/mol. The third-order valence-corrected chi connectivity index (χ3v) is 5.44. The molecule has 4 nitrogen and oxygen atoms in total. The first kappa shape index (κ1) is 19.1. The quantitative estimate of drug-likeness (QED) is 0.353. The summed E-state index contributed by atoms with van der Waals surface area (Å²) in [6.45, 7) is 12.2. The van der Waals surface area contributed by atoms with Crippen LogP contribution in [0.25, 0.3) is 0 Å². The third-order valence-electron chi connectivity index (χ3n) is 5.44. The van der Waals surface area contributed by atoms with Gasteiger partial charge < -0.3 is 4.90 Å². The Morgan fingerprint density at radius 2 is 1.59 bits per heavy atom. The lowest BCUT2D eigenvalue weighted by atomic mass is 9.77. The fourth-order valence-corrected chi connectivity index (χ4v) is 2.93. The van der Waals surface area contributed by atoms with E-state index in [0.29, 0.717) is 24.9 Å². The zero-order chi connectivity index (χ0) is 16.9. The molecule has 1 rings (SSSR count). The van der Waals surface area contributed by atoms with Gasteiger partial charge in [0.15, 0.2) is 0 Å². The Morgan fingerprint density at radius 1 is 1.05 bits per heavy atom. The van der Waals surface area contributed by atoms with E-state index in [1.54, 1.807) is 6.92 Å². The highest BCUT2D eigenvalue weighted by Crippen LogP contribution is 2.36. The largest absolute Gasteiger partial charge is 0.303 e. The molecule has 22 heavy (non-hydrogen) atoms. The Labute approximate surface area is 136 Å². The molecule has 2 amide bonds. The molecule has 1 unspecified atom stereocenters. The second-order valence-electron chi connectivity index (χ2n) is 7.33. The van der Waals surface area contributed by atoms with E-state index in [0.717, 1.165) is 25.8 Å². The molecule has 128 valence electrons. The van der Waals surface area contributed by atoms with Crippen LogP contribution in [-0.2, 0) is 9.59 Å². The molecule has 1 saturated heterocycles. The SMILES string of the molecule is CCC1(C)C(=O)N(CCCCCCN(C)C(C)C(C)C)C1=O. The molecular formula is C18H34N2O2. The van der Waals surface area contributed by atoms with Crippen LogP contribution in [-0.4, -0.2) is 47.8 Å². The molecule has 1 aliphatic heterocycles. The minimum absolute atomic E-state index is 0.0190. The Balaban J connectivity index is 2.13. The van der Waals surface area contributed by atoms with Crippen LogP contribution in [0.2, 0.25) is 0 Å². The van der Waals surface area contributed by atoms with Crippen LogP contribution in [0.1, 0.15) is 66.7 Å². The summed E-state index contributed by atoms with van der Waals surface area (Å²) in [5, 5.41) is 0. The Kier molecular flexibility index (Phi) is 7.04. The summed E-state index contributed by atoms with van der Waals surface area (Å²) in [6, 6.07) is 0.614. The van der Waals surface area contributed by atoms with E-state index < -0.39 is 5.41 Å². The number of unbranched alkanes of at least 4 members (excludes halogenated alkanes) is 3. The van der Waals surface area contributed by atoms with Crippen molar-refractivity contribution in [3.05, 3.63) is 0 Å². The van der Waals surface area contributed by atoms with E-state index in [9.17, 15) is 9.59 Å². The molecule has 0 radical (unpaired) electrons. The molecule has 0 aliphatic carbocycles. The fraction of sp³-hybridized carbons (Fsp3) is 0.889. The lowest BCUT2D eigenvalue weighted by Gasteiger charge is -2.43. The number of β-lactam (4-membered cyclic amide) rings is 2. The lowest BCUT2D eigenvalue weighted by Crippen LogP contribution is -2.64. The van der Waals surface area contributed by atoms with Crippen LogP contribution >= 0.6 is 0 Å². The van der Waals surface area contributed by atoms with Crippen LogP contribution in [0.3, 0.4) is 0 Å². The topological polar surface area (TPSA) is 40.6 Å². The van der Waals surface area contributed by atoms with Gasteiger partial charge in [0.05, 0.1) is 0 Å². The molecule has 0 aromatic heterocycles. The standard InChI is InChI=1S/C18H34N2O2/c1-7-18(5)16(21)20(17(18)22)13-11-9-8-10-12-19(6)15(4)14(2)3/h14-15H,7-13H2,1-6H3. The zero-order valence-corrected chi connectivity index (χ0v) is 15.3. The van der Waals surface area contributed by atoms with Gasteiger partial charge in [0.1, 0.15) is 5.41 Å². The number of hydrogen-bond donors (Lipinski definition) is 0. The van der Waals surface area contributed by atoms with E-state index in [1.807, 2.05) is 6.92 Å². The van der Waals surface area contributed by atoms with Gasteiger partial charge in [-0.2, -0.15) is 0 Å². The fourth-order valence-electron chi connectivity index (χ4n) is 2.93. The number of nitrogens with zero attached hydrogens (tertiary/aromatic N) is 2. The monoisotopic (exact) mass is 310 g/mol. The minimum Gasteiger partial charge on any atom is -0.303 e. The molecule has 1 atom stereocenters. The van der Waals surface area contributed by atoms with E-state index in [2.05, 4.69) is 32.7 Å². The van der Waals surface area contributed by atoms with Gasteiger partial charge >= 0.3 is 0 Å². The predicted octanol–water partition coefficient (Wildman–Crippen LogP) is 3.31. The molecule has 1 aliphatic rings. The second-order valence-corrected chi connectivity index (χ2v) is 7.33. The van der Waals surface area contributed by atoms with Gasteiger partial charge in [0.2, 0.25) is 11.8 Å². The van der Waals surface area contributed by atoms with E-state index in [-0.39, 0.29) is 11.8 Å². The van der Waals surface area contributed by atoms with Crippen molar-refractivity contribution >= 4 is 11.8 Å². The zero-order valence-electron chi connectivity index (χ0n) is 15.3. The molecule has 0 aromatic carbocycles. The van der Waals surface area contributed by atoms with E-state index in [1.165, 1.54) is 11.3 Å². The summed E-state index contributed by atoms with van der Waals surface area (Å²) in [6.07, 6.45) is 4.98. The van der Waals surface area contributed by atoms with Crippen molar-refractivity contribution in [1.82, 2.24) is 9.80 Å². The van der Waals surface area contributed by atoms with Gasteiger partial charge in [-0.05, 0) is 52.6 Å². The second kappa shape index (κ2) is 8.09. The van der Waals surface area contributed by atoms with Crippen LogP contribution in [0.15, 0.2) is 0 Å². The van der Waals surface area contributed by atoms with Crippen molar-refractivity contribution in [2.75, 3.05) is 20.1 Å². The highest BCUT2D eigenvalue weighted by atomic mass is 16.2. The third kappa shape index (κ3) is 4.09. The average molecular weight is 310 g/mol. The number of carbonyl (C=O) groups is 2. The average Bonchev–Trinajstić information content (AvgIpc) is 2.51. The first-order valence-electron chi connectivity index (χ1n) is 8.82. The van der Waals surface area contributed by atoms with Crippen LogP contribution < -0.4 is 0 Å². The summed E-state index contributed by atoms with van der Waals surface area (Å²) < 4.78 is 0. The lowest BCUT2D eigenvalue weighted by molar-refractivity contribution is -0.175. The van der Waals surface area contributed by atoms with E-state index >= 15 is 0 Å². The van der Waals surface area contributed by atoms with Gasteiger partial charge in [0, 0.05) is 12.6 Å². The van der Waals surface area contributed by atoms with Gasteiger partial charge in [-0.15, -0.1) is 0 Å². The summed E-state index contributed by atoms with van der Waals surface area (Å²) >= 11 is 0. The first-order chi connectivity index (χ1) is 10.3. The molecule has 0 saturated carbocycles. The summed E-state index contributed by atoms with van der Waals surface area (Å²) in [5.74, 6) is 0.720. The Morgan fingerprint density at radius 3 is 2.09 bits per heavy atom. The molecule has 0 spiro atoms. The molecule has 4 heteroatoms. The van der Waals surface area contributed by atoms with Crippen molar-refractivity contribution in [2.24, 2.45) is 11.3 Å². The normalized spacial score (nSPS) is 19.0. The van der Waals surface area contributed by atoms with Crippen LogP contribution in [0.5, 0.6) is 0 Å². The van der Waals surface area contributed by atoms with Gasteiger partial charge in [-0.25, -0.2) is 0 Å². The van der Waals surface area contributed by atoms with E-state index in [4.69, 9.17) is 0 Å². The molecule has 0 aromatic rings. The highest BCUT2D eigenvalue weighted by Gasteiger charge is 2.55. The van der Waals surface area contributed by atoms with Gasteiger partial charge in [-0.1, -0.05) is 33.6 Å². The molecule has 1 heterocycles. The van der Waals surface area contributed by atoms with Crippen LogP contribution in [0.4, 0.5) is 0 Å². The number of imide groups is 1. The number of rotatable bonds is 10. The maximum absolute atomic E-state index is 12.0. The number of likely N-dealkylation sites (tertiary alicyclic amines) is 1. The Bertz CT molecular complexity index is 377. The van der Waals surface area contributed by atoms with Crippen molar-refractivity contribution in [3.63, 3.8) is 0 Å². The van der Waals surface area contributed by atoms with Crippen molar-refractivity contribution in [2.45, 2.75) is 72.8 Å². The maximum Gasteiger partial charge on any atom is 0.244 e. The highest BCUT2D eigenvalue weighted by molar-refractivity contribution is 6.21. The van der Waals surface area contributed by atoms with Gasteiger partial charge in [0.25, 0.3) is 0 Å². The van der Waals surface area contributed by atoms with Crippen molar-refractivity contribution < 1.29 is 9.59 Å². The molecular weight excluding hydrogens is 276 g/mol. The van der Waals surface area contributed by atoms with Crippen molar-refractivity contribution in [1.29, 1.82) is 0 Å². The minimum atomic E-state index is -0.726. The van der Waals surface area contributed by atoms with Gasteiger partial charge in [-0.3, -0.25) is 14.5 Å². The summed E-state index contributed by atoms with van der Waals surface area (Å²) in [7, 11) is 2.19.